The lowest BCUT2D eigenvalue weighted by Crippen LogP contribution is -2.47. The molecule has 3 heterocycles. The fraction of sp³-hybridized carbons (Fsp3) is 0.391. The topological polar surface area (TPSA) is 101 Å². The maximum Gasteiger partial charge on any atom is 0.415 e. The molecule has 1 fully saturated rings. The van der Waals surface area contributed by atoms with Gasteiger partial charge in [0.1, 0.15) is 12.4 Å². The minimum atomic E-state index is -0.575. The lowest BCUT2D eigenvalue weighted by Gasteiger charge is -2.34. The first-order valence-electron chi connectivity index (χ1n) is 11.0. The smallest absolute Gasteiger partial charge is 0.375 e. The Bertz CT molecular complexity index is 1120. The Kier molecular flexibility index (Phi) is 7.10. The molecule has 0 saturated carbocycles. The number of rotatable bonds is 6. The molecule has 1 aliphatic heterocycles. The van der Waals surface area contributed by atoms with Crippen LogP contribution in [0.5, 0.6) is 6.01 Å². The predicted molar refractivity (Wildman–Crippen MR) is 127 cm³/mol. The highest BCUT2D eigenvalue weighted by atomic mass is 35.5. The summed E-state index contributed by atoms with van der Waals surface area (Å²) in [6.45, 7) is 6.11. The molecule has 10 heteroatoms. The van der Waals surface area contributed by atoms with E-state index < -0.39 is 6.09 Å². The number of nitrogens with one attached hydrogen (secondary N) is 2. The standard InChI is InChI=1S/C23H27ClN6O3/c1-15(2)29-11-9-17(10-12-29)26-23(32)33-22-27-18-5-3-4-6-19(18)30(22)14-21(31)28-20-8-7-16(24)13-25-20/h3-8,13,15,17H,9-12,14H2,1-2H3,(H,26,32)(H,25,28,31). The minimum absolute atomic E-state index is 0.0459. The van der Waals surface area contributed by atoms with E-state index in [1.165, 1.54) is 6.20 Å². The van der Waals surface area contributed by atoms with E-state index >= 15 is 0 Å². The van der Waals surface area contributed by atoms with Gasteiger partial charge < -0.3 is 20.3 Å². The van der Waals surface area contributed by atoms with Crippen LogP contribution < -0.4 is 15.4 Å². The molecule has 0 unspecified atom stereocenters. The van der Waals surface area contributed by atoms with Gasteiger partial charge in [-0.15, -0.1) is 0 Å². The van der Waals surface area contributed by atoms with Crippen LogP contribution in [0.2, 0.25) is 5.02 Å². The molecular formula is C23H27ClN6O3. The molecule has 1 aromatic carbocycles. The second kappa shape index (κ2) is 10.2. The SMILES string of the molecule is CC(C)N1CCC(NC(=O)Oc2nc3ccccc3n2CC(=O)Nc2ccc(Cl)cn2)CC1. The van der Waals surface area contributed by atoms with Gasteiger partial charge in [-0.1, -0.05) is 23.7 Å². The Hall–Kier alpha value is -3.17. The van der Waals surface area contributed by atoms with Gasteiger partial charge in [-0.3, -0.25) is 9.36 Å². The highest BCUT2D eigenvalue weighted by Crippen LogP contribution is 2.22. The molecule has 0 spiro atoms. The van der Waals surface area contributed by atoms with Gasteiger partial charge in [0, 0.05) is 31.4 Å². The molecule has 0 bridgehead atoms. The third-order valence-corrected chi connectivity index (χ3v) is 5.91. The predicted octanol–water partition coefficient (Wildman–Crippen LogP) is 3.68. The summed E-state index contributed by atoms with van der Waals surface area (Å²) in [5.41, 5.74) is 1.31. The molecule has 0 aliphatic carbocycles. The summed E-state index contributed by atoms with van der Waals surface area (Å²) in [5, 5.41) is 6.12. The summed E-state index contributed by atoms with van der Waals surface area (Å²) in [5.74, 6) is 0.0427. The summed E-state index contributed by atoms with van der Waals surface area (Å²) in [7, 11) is 0. The lowest BCUT2D eigenvalue weighted by atomic mass is 10.0. The molecule has 4 rings (SSSR count). The Morgan fingerprint density at radius 3 is 2.64 bits per heavy atom. The van der Waals surface area contributed by atoms with Gasteiger partial charge in [0.2, 0.25) is 5.91 Å². The first-order valence-corrected chi connectivity index (χ1v) is 11.4. The van der Waals surface area contributed by atoms with Gasteiger partial charge in [0.05, 0.1) is 16.1 Å². The maximum atomic E-state index is 12.7. The normalized spacial score (nSPS) is 15.0. The largest absolute Gasteiger partial charge is 0.415 e. The van der Waals surface area contributed by atoms with Crippen molar-refractivity contribution in [3.8, 4) is 6.01 Å². The van der Waals surface area contributed by atoms with Crippen LogP contribution in [0.25, 0.3) is 11.0 Å². The van der Waals surface area contributed by atoms with Gasteiger partial charge in [-0.25, -0.2) is 9.78 Å². The highest BCUT2D eigenvalue weighted by molar-refractivity contribution is 6.30. The minimum Gasteiger partial charge on any atom is -0.375 e. The number of amides is 2. The van der Waals surface area contributed by atoms with Crippen molar-refractivity contribution in [1.82, 2.24) is 24.8 Å². The van der Waals surface area contributed by atoms with E-state index in [1.807, 2.05) is 18.2 Å². The zero-order chi connectivity index (χ0) is 23.4. The first-order chi connectivity index (χ1) is 15.9. The van der Waals surface area contributed by atoms with Crippen LogP contribution in [0, 0.1) is 0 Å². The summed E-state index contributed by atoms with van der Waals surface area (Å²) < 4.78 is 7.12. The number of halogens is 1. The van der Waals surface area contributed by atoms with Crippen molar-refractivity contribution < 1.29 is 14.3 Å². The van der Waals surface area contributed by atoms with Crippen LogP contribution >= 0.6 is 11.6 Å². The third-order valence-electron chi connectivity index (χ3n) is 5.68. The number of piperidine rings is 1. The van der Waals surface area contributed by atoms with Gasteiger partial charge >= 0.3 is 12.1 Å². The molecular weight excluding hydrogens is 444 g/mol. The van der Waals surface area contributed by atoms with Crippen molar-refractivity contribution in [3.63, 3.8) is 0 Å². The Morgan fingerprint density at radius 2 is 1.94 bits per heavy atom. The number of hydrogen-bond donors (Lipinski definition) is 2. The van der Waals surface area contributed by atoms with Gasteiger partial charge in [-0.05, 0) is 51.0 Å². The summed E-state index contributed by atoms with van der Waals surface area (Å²) in [4.78, 5) is 36.1. The van der Waals surface area contributed by atoms with Crippen molar-refractivity contribution in [2.24, 2.45) is 0 Å². The molecule has 1 aliphatic rings. The number of carbonyl (C=O) groups is 2. The second-order valence-electron chi connectivity index (χ2n) is 8.32. The summed E-state index contributed by atoms with van der Waals surface area (Å²) in [6.07, 6.45) is 2.60. The van der Waals surface area contributed by atoms with Gasteiger partial charge in [0.25, 0.3) is 0 Å². The van der Waals surface area contributed by atoms with E-state index in [2.05, 4.69) is 39.3 Å². The lowest BCUT2D eigenvalue weighted by molar-refractivity contribution is -0.116. The number of pyridine rings is 1. The Labute approximate surface area is 197 Å². The number of aromatic nitrogens is 3. The monoisotopic (exact) mass is 470 g/mol. The van der Waals surface area contributed by atoms with Gasteiger partial charge in [-0.2, -0.15) is 4.98 Å². The second-order valence-corrected chi connectivity index (χ2v) is 8.75. The maximum absolute atomic E-state index is 12.7. The van der Waals surface area contributed by atoms with Crippen LogP contribution in [-0.2, 0) is 11.3 Å². The van der Waals surface area contributed by atoms with Crippen LogP contribution in [-0.4, -0.2) is 56.6 Å². The third kappa shape index (κ3) is 5.80. The van der Waals surface area contributed by atoms with E-state index in [-0.39, 0.29) is 24.5 Å². The number of fused-ring (bicyclic) bond motifs is 1. The molecule has 174 valence electrons. The number of hydrogen-bond acceptors (Lipinski definition) is 6. The number of anilines is 1. The number of nitrogens with zero attached hydrogens (tertiary/aromatic N) is 4. The van der Waals surface area contributed by atoms with E-state index in [1.54, 1.807) is 22.8 Å². The fourth-order valence-electron chi connectivity index (χ4n) is 3.90. The number of benzene rings is 1. The van der Waals surface area contributed by atoms with E-state index in [0.29, 0.717) is 27.9 Å². The first kappa shape index (κ1) is 23.0. The van der Waals surface area contributed by atoms with E-state index in [9.17, 15) is 9.59 Å². The van der Waals surface area contributed by atoms with Crippen molar-refractivity contribution in [1.29, 1.82) is 0 Å². The number of carbonyl (C=O) groups excluding carboxylic acids is 2. The number of imidazole rings is 1. The van der Waals surface area contributed by atoms with Crippen molar-refractivity contribution >= 4 is 40.5 Å². The zero-order valence-corrected chi connectivity index (χ0v) is 19.4. The highest BCUT2D eigenvalue weighted by Gasteiger charge is 2.24. The molecule has 0 atom stereocenters. The molecule has 2 aromatic heterocycles. The van der Waals surface area contributed by atoms with Crippen LogP contribution in [0.3, 0.4) is 0 Å². The van der Waals surface area contributed by atoms with Crippen LogP contribution in [0.15, 0.2) is 42.6 Å². The van der Waals surface area contributed by atoms with Crippen molar-refractivity contribution in [2.45, 2.75) is 45.3 Å². The number of para-hydroxylation sites is 2. The van der Waals surface area contributed by atoms with Gasteiger partial charge in [0.15, 0.2) is 0 Å². The van der Waals surface area contributed by atoms with Crippen molar-refractivity contribution in [2.75, 3.05) is 18.4 Å². The molecule has 2 N–H and O–H groups in total. The van der Waals surface area contributed by atoms with Crippen LogP contribution in [0.1, 0.15) is 26.7 Å². The molecule has 33 heavy (non-hydrogen) atoms. The molecule has 3 aromatic rings. The number of likely N-dealkylation sites (tertiary alicyclic amines) is 1. The zero-order valence-electron chi connectivity index (χ0n) is 18.6. The van der Waals surface area contributed by atoms with E-state index in [4.69, 9.17) is 16.3 Å². The average molecular weight is 471 g/mol. The van der Waals surface area contributed by atoms with E-state index in [0.717, 1.165) is 25.9 Å². The average Bonchev–Trinajstić information content (AvgIpc) is 3.12. The quantitative estimate of drug-likeness (QED) is 0.569. The molecule has 2 amide bonds. The summed E-state index contributed by atoms with van der Waals surface area (Å²) in [6, 6.07) is 11.2. The van der Waals surface area contributed by atoms with Crippen LogP contribution in [0.4, 0.5) is 10.6 Å². The molecule has 9 nitrogen and oxygen atoms in total. The molecule has 0 radical (unpaired) electrons. The number of ether oxygens (including phenoxy) is 1. The fourth-order valence-corrected chi connectivity index (χ4v) is 4.01. The van der Waals surface area contributed by atoms with Crippen molar-refractivity contribution in [3.05, 3.63) is 47.6 Å². The Balaban J connectivity index is 1.44. The summed E-state index contributed by atoms with van der Waals surface area (Å²) >= 11 is 5.84. The Morgan fingerprint density at radius 1 is 1.18 bits per heavy atom. The molecule has 1 saturated heterocycles.